The van der Waals surface area contributed by atoms with Crippen LogP contribution in [0.1, 0.15) is 6.92 Å². The molecule has 0 amide bonds. The van der Waals surface area contributed by atoms with Crippen LogP contribution in [0.25, 0.3) is 0 Å². The fourth-order valence-corrected chi connectivity index (χ4v) is 2.27. The van der Waals surface area contributed by atoms with Gasteiger partial charge >= 0.3 is 0 Å². The number of hydrogen-bond acceptors (Lipinski definition) is 3. The van der Waals surface area contributed by atoms with E-state index in [-0.39, 0.29) is 12.6 Å². The summed E-state index contributed by atoms with van der Waals surface area (Å²) in [5, 5.41) is 9.02. The van der Waals surface area contributed by atoms with Crippen LogP contribution in [-0.2, 0) is 0 Å². The lowest BCUT2D eigenvalue weighted by Gasteiger charge is -2.25. The summed E-state index contributed by atoms with van der Waals surface area (Å²) in [6, 6.07) is 1.99. The van der Waals surface area contributed by atoms with Gasteiger partial charge in [-0.25, -0.2) is 4.98 Å². The van der Waals surface area contributed by atoms with E-state index in [1.807, 2.05) is 24.9 Å². The van der Waals surface area contributed by atoms with Crippen LogP contribution in [-0.4, -0.2) is 29.8 Å². The molecule has 78 valence electrons. The van der Waals surface area contributed by atoms with Crippen LogP contribution in [0, 0.1) is 0 Å². The molecule has 3 nitrogen and oxygen atoms in total. The van der Waals surface area contributed by atoms with Crippen LogP contribution in [0.15, 0.2) is 21.2 Å². The van der Waals surface area contributed by atoms with Gasteiger partial charge in [-0.2, -0.15) is 0 Å². The molecule has 5 heteroatoms. The number of anilines is 1. The van der Waals surface area contributed by atoms with Crippen molar-refractivity contribution >= 4 is 37.7 Å². The van der Waals surface area contributed by atoms with Crippen molar-refractivity contribution in [3.05, 3.63) is 21.2 Å². The lowest BCUT2D eigenvalue weighted by atomic mass is 10.3. The Morgan fingerprint density at radius 3 is 2.71 bits per heavy atom. The molecule has 0 bridgehead atoms. The normalized spacial score (nSPS) is 12.6. The minimum atomic E-state index is 0.0555. The van der Waals surface area contributed by atoms with Gasteiger partial charge in [-0.15, -0.1) is 0 Å². The number of rotatable bonds is 3. The summed E-state index contributed by atoms with van der Waals surface area (Å²) in [4.78, 5) is 6.19. The number of pyridine rings is 1. The van der Waals surface area contributed by atoms with Crippen molar-refractivity contribution in [1.29, 1.82) is 0 Å². The maximum atomic E-state index is 9.02. The summed E-state index contributed by atoms with van der Waals surface area (Å²) < 4.78 is 1.84. The van der Waals surface area contributed by atoms with E-state index < -0.39 is 0 Å². The van der Waals surface area contributed by atoms with E-state index in [1.165, 1.54) is 0 Å². The SMILES string of the molecule is CC(CO)N(C)c1ncc(Br)cc1Br. The van der Waals surface area contributed by atoms with Gasteiger partial charge in [0.2, 0.25) is 0 Å². The molecule has 1 rings (SSSR count). The summed E-state index contributed by atoms with van der Waals surface area (Å²) >= 11 is 6.77. The first-order valence-electron chi connectivity index (χ1n) is 4.21. The van der Waals surface area contributed by atoms with Gasteiger partial charge in [0, 0.05) is 17.7 Å². The molecule has 1 aromatic rings. The average molecular weight is 324 g/mol. The minimum absolute atomic E-state index is 0.0555. The highest BCUT2D eigenvalue weighted by Crippen LogP contribution is 2.26. The molecule has 0 aliphatic carbocycles. The number of aliphatic hydroxyl groups is 1. The Bertz CT molecular complexity index is 320. The Morgan fingerprint density at radius 1 is 1.57 bits per heavy atom. The first-order valence-corrected chi connectivity index (χ1v) is 5.79. The third-order valence-corrected chi connectivity index (χ3v) is 3.07. The Labute approximate surface area is 100 Å². The molecule has 0 aliphatic heterocycles. The molecular formula is C9H12Br2N2O. The summed E-state index contributed by atoms with van der Waals surface area (Å²) in [6.45, 7) is 2.05. The molecule has 0 saturated carbocycles. The molecule has 0 aromatic carbocycles. The van der Waals surface area contributed by atoms with Crippen LogP contribution in [0.3, 0.4) is 0 Å². The molecule has 1 heterocycles. The summed E-state index contributed by atoms with van der Waals surface area (Å²) in [7, 11) is 1.90. The van der Waals surface area contributed by atoms with Gasteiger partial charge in [0.25, 0.3) is 0 Å². The van der Waals surface area contributed by atoms with E-state index in [1.54, 1.807) is 6.20 Å². The lowest BCUT2D eigenvalue weighted by Crippen LogP contribution is -2.32. The smallest absolute Gasteiger partial charge is 0.143 e. The van der Waals surface area contributed by atoms with Crippen molar-refractivity contribution in [2.24, 2.45) is 0 Å². The second-order valence-corrected chi connectivity index (χ2v) is 4.87. The maximum absolute atomic E-state index is 9.02. The zero-order valence-electron chi connectivity index (χ0n) is 8.04. The standard InChI is InChI=1S/C9H12Br2N2O/c1-6(5-14)13(2)9-8(11)3-7(10)4-12-9/h3-4,6,14H,5H2,1-2H3. The van der Waals surface area contributed by atoms with E-state index in [2.05, 4.69) is 36.8 Å². The highest BCUT2D eigenvalue weighted by Gasteiger charge is 2.13. The highest BCUT2D eigenvalue weighted by atomic mass is 79.9. The third-order valence-electron chi connectivity index (χ3n) is 2.05. The lowest BCUT2D eigenvalue weighted by molar-refractivity contribution is 0.269. The molecule has 0 saturated heterocycles. The Kier molecular flexibility index (Phi) is 4.34. The van der Waals surface area contributed by atoms with E-state index in [0.29, 0.717) is 0 Å². The maximum Gasteiger partial charge on any atom is 0.143 e. The Balaban J connectivity index is 2.95. The highest BCUT2D eigenvalue weighted by molar-refractivity contribution is 9.11. The number of nitrogens with zero attached hydrogens (tertiary/aromatic N) is 2. The topological polar surface area (TPSA) is 36.4 Å². The number of hydrogen-bond donors (Lipinski definition) is 1. The van der Waals surface area contributed by atoms with Gasteiger partial charge in [-0.1, -0.05) is 0 Å². The molecule has 1 atom stereocenters. The molecule has 14 heavy (non-hydrogen) atoms. The van der Waals surface area contributed by atoms with Gasteiger partial charge in [0.15, 0.2) is 0 Å². The van der Waals surface area contributed by atoms with Gasteiger partial charge in [-0.05, 0) is 44.8 Å². The largest absolute Gasteiger partial charge is 0.394 e. The minimum Gasteiger partial charge on any atom is -0.394 e. The molecular weight excluding hydrogens is 312 g/mol. The number of aliphatic hydroxyl groups excluding tert-OH is 1. The molecule has 0 aliphatic rings. The van der Waals surface area contributed by atoms with Gasteiger partial charge in [0.1, 0.15) is 5.82 Å². The van der Waals surface area contributed by atoms with Crippen LogP contribution in [0.5, 0.6) is 0 Å². The predicted molar refractivity (Wildman–Crippen MR) is 64.6 cm³/mol. The van der Waals surface area contributed by atoms with Crippen LogP contribution in [0.2, 0.25) is 0 Å². The van der Waals surface area contributed by atoms with Gasteiger partial charge in [-0.3, -0.25) is 0 Å². The van der Waals surface area contributed by atoms with Crippen LogP contribution >= 0.6 is 31.9 Å². The quantitative estimate of drug-likeness (QED) is 0.928. The molecule has 1 N–H and O–H groups in total. The van der Waals surface area contributed by atoms with E-state index >= 15 is 0 Å². The Hall–Kier alpha value is -0.130. The predicted octanol–water partition coefficient (Wildman–Crippen LogP) is 2.42. The second kappa shape index (κ2) is 5.09. The van der Waals surface area contributed by atoms with Crippen molar-refractivity contribution in [2.75, 3.05) is 18.6 Å². The fraction of sp³-hybridized carbons (Fsp3) is 0.444. The monoisotopic (exact) mass is 322 g/mol. The molecule has 1 unspecified atom stereocenters. The van der Waals surface area contributed by atoms with E-state index in [9.17, 15) is 0 Å². The van der Waals surface area contributed by atoms with Crippen molar-refractivity contribution in [2.45, 2.75) is 13.0 Å². The molecule has 0 fully saturated rings. The first kappa shape index (κ1) is 11.9. The molecule has 1 aromatic heterocycles. The molecule has 0 spiro atoms. The summed E-state index contributed by atoms with van der Waals surface area (Å²) in [6.07, 6.45) is 1.74. The van der Waals surface area contributed by atoms with Gasteiger partial charge < -0.3 is 10.0 Å². The van der Waals surface area contributed by atoms with Crippen LogP contribution < -0.4 is 4.90 Å². The second-order valence-electron chi connectivity index (χ2n) is 3.10. The number of likely N-dealkylation sites (N-methyl/N-ethyl adjacent to an activating group) is 1. The van der Waals surface area contributed by atoms with Crippen molar-refractivity contribution in [3.63, 3.8) is 0 Å². The van der Waals surface area contributed by atoms with E-state index in [0.717, 1.165) is 14.8 Å². The third kappa shape index (κ3) is 2.68. The first-order chi connectivity index (χ1) is 6.56. The van der Waals surface area contributed by atoms with Crippen molar-refractivity contribution < 1.29 is 5.11 Å². The molecule has 0 radical (unpaired) electrons. The van der Waals surface area contributed by atoms with Crippen molar-refractivity contribution in [1.82, 2.24) is 4.98 Å². The zero-order chi connectivity index (χ0) is 10.7. The van der Waals surface area contributed by atoms with Crippen molar-refractivity contribution in [3.8, 4) is 0 Å². The Morgan fingerprint density at radius 2 is 2.21 bits per heavy atom. The summed E-state index contributed by atoms with van der Waals surface area (Å²) in [5.41, 5.74) is 0. The number of halogens is 2. The summed E-state index contributed by atoms with van der Waals surface area (Å²) in [5.74, 6) is 0.828. The zero-order valence-corrected chi connectivity index (χ0v) is 11.2. The fourth-order valence-electron chi connectivity index (χ4n) is 0.998. The van der Waals surface area contributed by atoms with Crippen LogP contribution in [0.4, 0.5) is 5.82 Å². The average Bonchev–Trinajstić information content (AvgIpc) is 2.15. The van der Waals surface area contributed by atoms with Gasteiger partial charge in [0.05, 0.1) is 17.1 Å². The van der Waals surface area contributed by atoms with E-state index in [4.69, 9.17) is 5.11 Å². The number of aromatic nitrogens is 1.